The van der Waals surface area contributed by atoms with Crippen LogP contribution in [-0.4, -0.2) is 33.8 Å². The Balaban J connectivity index is 1.93. The average Bonchev–Trinajstić information content (AvgIpc) is 3.07. The largest absolute Gasteiger partial charge is 0.468 e. The summed E-state index contributed by atoms with van der Waals surface area (Å²) >= 11 is 1.55. The van der Waals surface area contributed by atoms with Gasteiger partial charge in [0.25, 0.3) is 0 Å². The topological polar surface area (TPSA) is 85.6 Å². The molecule has 0 aliphatic carbocycles. The molecule has 1 N–H and O–H groups in total. The van der Waals surface area contributed by atoms with Crippen LogP contribution in [-0.2, 0) is 20.5 Å². The van der Waals surface area contributed by atoms with Gasteiger partial charge < -0.3 is 9.15 Å². The van der Waals surface area contributed by atoms with Gasteiger partial charge in [0.15, 0.2) is 0 Å². The summed E-state index contributed by atoms with van der Waals surface area (Å²) in [4.78, 5) is 11.6. The second-order valence-electron chi connectivity index (χ2n) is 4.52. The Morgan fingerprint density at radius 1 is 1.26 bits per heavy atom. The molecule has 1 aromatic heterocycles. The smallest absolute Gasteiger partial charge is 0.339 e. The van der Waals surface area contributed by atoms with Gasteiger partial charge in [-0.05, 0) is 24.3 Å². The summed E-state index contributed by atoms with van der Waals surface area (Å²) in [6.07, 6.45) is 1.60. The number of methoxy groups -OCH3 is 1. The van der Waals surface area contributed by atoms with Gasteiger partial charge >= 0.3 is 5.97 Å². The molecule has 0 atom stereocenters. The fraction of sp³-hybridized carbons (Fsp3) is 0.267. The first kappa shape index (κ1) is 17.6. The number of thioether (sulfide) groups is 1. The number of rotatable bonds is 8. The summed E-state index contributed by atoms with van der Waals surface area (Å²) in [5.74, 6) is 1.42. The van der Waals surface area contributed by atoms with Gasteiger partial charge in [0.2, 0.25) is 10.0 Å². The van der Waals surface area contributed by atoms with Crippen molar-refractivity contribution in [1.29, 1.82) is 0 Å². The molecule has 0 unspecified atom stereocenters. The summed E-state index contributed by atoms with van der Waals surface area (Å²) in [7, 11) is -2.56. The number of hydrogen-bond acceptors (Lipinski definition) is 6. The Hall–Kier alpha value is -1.77. The lowest BCUT2D eigenvalue weighted by Gasteiger charge is -2.10. The van der Waals surface area contributed by atoms with E-state index in [-0.39, 0.29) is 17.0 Å². The van der Waals surface area contributed by atoms with Crippen LogP contribution in [0.5, 0.6) is 0 Å². The fourth-order valence-corrected chi connectivity index (χ4v) is 3.98. The van der Waals surface area contributed by atoms with Crippen LogP contribution in [0.3, 0.4) is 0 Å². The molecule has 0 saturated carbocycles. The molecule has 0 aliphatic rings. The van der Waals surface area contributed by atoms with Gasteiger partial charge in [-0.1, -0.05) is 12.1 Å². The van der Waals surface area contributed by atoms with Crippen LogP contribution in [0.2, 0.25) is 0 Å². The van der Waals surface area contributed by atoms with E-state index in [2.05, 4.69) is 9.46 Å². The van der Waals surface area contributed by atoms with E-state index in [4.69, 9.17) is 4.42 Å². The van der Waals surface area contributed by atoms with Crippen LogP contribution >= 0.6 is 11.8 Å². The van der Waals surface area contributed by atoms with E-state index in [1.54, 1.807) is 30.2 Å². The van der Waals surface area contributed by atoms with Gasteiger partial charge in [-0.2, -0.15) is 11.8 Å². The fourth-order valence-electron chi connectivity index (χ4n) is 1.87. The van der Waals surface area contributed by atoms with Crippen LogP contribution in [0.4, 0.5) is 0 Å². The van der Waals surface area contributed by atoms with Crippen molar-refractivity contribution in [3.8, 4) is 0 Å². The van der Waals surface area contributed by atoms with Crippen molar-refractivity contribution in [3.05, 3.63) is 54.0 Å². The maximum Gasteiger partial charge on any atom is 0.339 e. The standard InChI is InChI=1S/C15H17NO5S2/c1-20-15(17)13-6-2-3-7-14(13)23(18,19)16-8-10-22-11-12-5-4-9-21-12/h2-7,9,16H,8,10-11H2,1H3. The lowest BCUT2D eigenvalue weighted by molar-refractivity contribution is 0.0596. The van der Waals surface area contributed by atoms with E-state index in [1.807, 2.05) is 12.1 Å². The molecule has 23 heavy (non-hydrogen) atoms. The average molecular weight is 355 g/mol. The molecule has 1 heterocycles. The van der Waals surface area contributed by atoms with E-state index in [0.717, 1.165) is 5.76 Å². The van der Waals surface area contributed by atoms with Gasteiger partial charge in [0.1, 0.15) is 5.76 Å². The monoisotopic (exact) mass is 355 g/mol. The Labute approximate surface area is 139 Å². The summed E-state index contributed by atoms with van der Waals surface area (Å²) < 4.78 is 36.9. The summed E-state index contributed by atoms with van der Waals surface area (Å²) in [5, 5.41) is 0. The van der Waals surface area contributed by atoms with Gasteiger partial charge in [-0.15, -0.1) is 0 Å². The van der Waals surface area contributed by atoms with Crippen molar-refractivity contribution in [2.45, 2.75) is 10.6 Å². The third kappa shape index (κ3) is 4.85. The van der Waals surface area contributed by atoms with E-state index >= 15 is 0 Å². The number of sulfonamides is 1. The number of benzene rings is 1. The molecule has 0 aliphatic heterocycles. The van der Waals surface area contributed by atoms with Crippen molar-refractivity contribution < 1.29 is 22.4 Å². The summed E-state index contributed by atoms with van der Waals surface area (Å²) in [6.45, 7) is 0.253. The third-order valence-corrected chi connectivity index (χ3v) is 5.45. The van der Waals surface area contributed by atoms with Crippen LogP contribution in [0, 0.1) is 0 Å². The number of carbonyl (C=O) groups excluding carboxylic acids is 1. The number of nitrogens with one attached hydrogen (secondary N) is 1. The number of esters is 1. The van der Waals surface area contributed by atoms with Crippen LogP contribution < -0.4 is 4.72 Å². The van der Waals surface area contributed by atoms with E-state index in [1.165, 1.54) is 19.2 Å². The molecule has 0 bridgehead atoms. The van der Waals surface area contributed by atoms with Gasteiger partial charge in [0.05, 0.1) is 29.6 Å². The number of furan rings is 1. The van der Waals surface area contributed by atoms with E-state index in [0.29, 0.717) is 11.5 Å². The second kappa shape index (κ2) is 8.19. The van der Waals surface area contributed by atoms with Crippen molar-refractivity contribution in [2.24, 2.45) is 0 Å². The summed E-state index contributed by atoms with van der Waals surface area (Å²) in [6, 6.07) is 9.62. The van der Waals surface area contributed by atoms with Gasteiger partial charge in [-0.3, -0.25) is 0 Å². The maximum atomic E-state index is 12.3. The number of ether oxygens (including phenoxy) is 1. The lowest BCUT2D eigenvalue weighted by Crippen LogP contribution is -2.27. The minimum absolute atomic E-state index is 0.0192. The minimum atomic E-state index is -3.77. The highest BCUT2D eigenvalue weighted by molar-refractivity contribution is 7.98. The molecule has 1 aromatic carbocycles. The highest BCUT2D eigenvalue weighted by Crippen LogP contribution is 2.17. The zero-order chi connectivity index (χ0) is 16.7. The first-order chi connectivity index (χ1) is 11.0. The molecule has 0 fully saturated rings. The van der Waals surface area contributed by atoms with Crippen LogP contribution in [0.25, 0.3) is 0 Å². The summed E-state index contributed by atoms with van der Waals surface area (Å²) in [5.41, 5.74) is 0.0192. The molecule has 0 amide bonds. The highest BCUT2D eigenvalue weighted by Gasteiger charge is 2.21. The lowest BCUT2D eigenvalue weighted by atomic mass is 10.2. The third-order valence-electron chi connectivity index (χ3n) is 2.94. The number of carbonyl (C=O) groups is 1. The van der Waals surface area contributed by atoms with E-state index < -0.39 is 16.0 Å². The predicted octanol–water partition coefficient (Wildman–Crippen LogP) is 2.28. The van der Waals surface area contributed by atoms with Crippen molar-refractivity contribution in [2.75, 3.05) is 19.4 Å². The normalized spacial score (nSPS) is 11.3. The predicted molar refractivity (Wildman–Crippen MR) is 87.8 cm³/mol. The highest BCUT2D eigenvalue weighted by atomic mass is 32.2. The Morgan fingerprint density at radius 3 is 2.74 bits per heavy atom. The zero-order valence-electron chi connectivity index (χ0n) is 12.5. The van der Waals surface area contributed by atoms with Gasteiger partial charge in [-0.25, -0.2) is 17.9 Å². The van der Waals surface area contributed by atoms with Crippen LogP contribution in [0.1, 0.15) is 16.1 Å². The Morgan fingerprint density at radius 2 is 2.04 bits per heavy atom. The van der Waals surface area contributed by atoms with Crippen molar-refractivity contribution >= 4 is 27.8 Å². The quantitative estimate of drug-likeness (QED) is 0.577. The van der Waals surface area contributed by atoms with Crippen molar-refractivity contribution in [1.82, 2.24) is 4.72 Å². The molecule has 6 nitrogen and oxygen atoms in total. The first-order valence-electron chi connectivity index (χ1n) is 6.82. The Kier molecular flexibility index (Phi) is 6.26. The van der Waals surface area contributed by atoms with Crippen LogP contribution in [0.15, 0.2) is 52.0 Å². The SMILES string of the molecule is COC(=O)c1ccccc1S(=O)(=O)NCCSCc1ccco1. The molecule has 0 saturated heterocycles. The molecule has 2 rings (SSSR count). The second-order valence-corrected chi connectivity index (χ2v) is 7.36. The molecular weight excluding hydrogens is 338 g/mol. The molecule has 8 heteroatoms. The molecule has 0 spiro atoms. The maximum absolute atomic E-state index is 12.3. The van der Waals surface area contributed by atoms with Gasteiger partial charge in [0, 0.05) is 12.3 Å². The molecular formula is C15H17NO5S2. The first-order valence-corrected chi connectivity index (χ1v) is 9.45. The van der Waals surface area contributed by atoms with E-state index in [9.17, 15) is 13.2 Å². The Bertz CT molecular complexity index is 741. The minimum Gasteiger partial charge on any atom is -0.468 e. The van der Waals surface area contributed by atoms with Crippen molar-refractivity contribution in [3.63, 3.8) is 0 Å². The molecule has 2 aromatic rings. The number of hydrogen-bond donors (Lipinski definition) is 1. The molecule has 0 radical (unpaired) electrons. The molecule has 124 valence electrons. The zero-order valence-corrected chi connectivity index (χ0v) is 14.2.